The number of nitrogens with zero attached hydrogens (tertiary/aromatic N) is 2. The van der Waals surface area contributed by atoms with Crippen LogP contribution in [0.3, 0.4) is 0 Å². The highest BCUT2D eigenvalue weighted by Crippen LogP contribution is 2.28. The number of ketones is 1. The number of carbonyl (C=O) groups is 3. The summed E-state index contributed by atoms with van der Waals surface area (Å²) in [6.07, 6.45) is 0. The quantitative estimate of drug-likeness (QED) is 0.468. The van der Waals surface area contributed by atoms with Crippen molar-refractivity contribution in [2.24, 2.45) is 7.05 Å². The number of aromatic nitrogens is 2. The Kier molecular flexibility index (Phi) is 5.89. The number of hydrogen-bond acceptors (Lipinski definition) is 4. The largest absolute Gasteiger partial charge is 0.326 e. The monoisotopic (exact) mass is 424 g/mol. The second-order valence-electron chi connectivity index (χ2n) is 7.03. The molecular weight excluding hydrogens is 404 g/mol. The first-order valence-corrected chi connectivity index (χ1v) is 9.94. The molecule has 32 heavy (non-hydrogen) atoms. The van der Waals surface area contributed by atoms with Gasteiger partial charge in [-0.15, -0.1) is 0 Å². The molecule has 3 aromatic carbocycles. The summed E-state index contributed by atoms with van der Waals surface area (Å²) in [5.74, 6) is -1.12. The lowest BCUT2D eigenvalue weighted by atomic mass is 9.97. The van der Waals surface area contributed by atoms with Gasteiger partial charge in [-0.2, -0.15) is 5.10 Å². The van der Waals surface area contributed by atoms with Crippen LogP contribution in [-0.2, 0) is 7.05 Å². The Morgan fingerprint density at radius 1 is 0.781 bits per heavy atom. The number of carbonyl (C=O) groups excluding carboxylic acids is 3. The number of aryl methyl sites for hydroxylation is 1. The molecule has 0 spiro atoms. The molecule has 1 heterocycles. The van der Waals surface area contributed by atoms with Crippen LogP contribution in [0.2, 0.25) is 0 Å². The van der Waals surface area contributed by atoms with Gasteiger partial charge in [0.05, 0.1) is 11.3 Å². The molecule has 4 aromatic rings. The molecule has 0 radical (unpaired) electrons. The van der Waals surface area contributed by atoms with Crippen molar-refractivity contribution in [3.63, 3.8) is 0 Å². The van der Waals surface area contributed by atoms with Gasteiger partial charge in [0.1, 0.15) is 0 Å². The highest BCUT2D eigenvalue weighted by molar-refractivity contribution is 6.19. The molecule has 0 saturated carbocycles. The number of nitrogens with one attached hydrogen (secondary N) is 2. The Morgan fingerprint density at radius 2 is 1.34 bits per heavy atom. The van der Waals surface area contributed by atoms with Gasteiger partial charge in [-0.05, 0) is 12.1 Å². The number of amides is 3. The predicted octanol–water partition coefficient (Wildman–Crippen LogP) is 4.28. The minimum atomic E-state index is -0.768. The molecule has 0 atom stereocenters. The van der Waals surface area contributed by atoms with Crippen LogP contribution in [0.15, 0.2) is 91.0 Å². The van der Waals surface area contributed by atoms with E-state index in [2.05, 4.69) is 15.7 Å². The second kappa shape index (κ2) is 9.09. The Hall–Kier alpha value is -4.52. The van der Waals surface area contributed by atoms with Crippen molar-refractivity contribution >= 4 is 23.4 Å². The summed E-state index contributed by atoms with van der Waals surface area (Å²) in [5, 5.41) is 9.15. The summed E-state index contributed by atoms with van der Waals surface area (Å²) in [5.41, 5.74) is 2.19. The molecule has 158 valence electrons. The summed E-state index contributed by atoms with van der Waals surface area (Å²) < 4.78 is 1.48. The fraction of sp³-hybridized carbons (Fsp3) is 0.0400. The van der Waals surface area contributed by atoms with Crippen molar-refractivity contribution in [1.82, 2.24) is 15.1 Å². The van der Waals surface area contributed by atoms with E-state index in [1.54, 1.807) is 61.6 Å². The highest BCUT2D eigenvalue weighted by atomic mass is 16.2. The van der Waals surface area contributed by atoms with Crippen LogP contribution < -0.4 is 10.6 Å². The van der Waals surface area contributed by atoms with Crippen molar-refractivity contribution in [3.8, 4) is 11.3 Å². The molecule has 0 bridgehead atoms. The summed E-state index contributed by atoms with van der Waals surface area (Å²) in [4.78, 5) is 38.8. The Balaban J connectivity index is 1.72. The van der Waals surface area contributed by atoms with Gasteiger partial charge >= 0.3 is 6.03 Å². The number of hydrogen-bond donors (Lipinski definition) is 2. The van der Waals surface area contributed by atoms with Gasteiger partial charge in [0.2, 0.25) is 0 Å². The number of urea groups is 1. The summed E-state index contributed by atoms with van der Waals surface area (Å²) in [6, 6.07) is 25.9. The molecule has 0 saturated heterocycles. The highest BCUT2D eigenvalue weighted by Gasteiger charge is 2.29. The third kappa shape index (κ3) is 4.32. The molecule has 0 fully saturated rings. The SMILES string of the molecule is Cn1nc(C(=O)NC(=O)Nc2ccccc2)c(C(=O)c2ccccc2)c1-c1ccccc1. The van der Waals surface area contributed by atoms with Crippen LogP contribution in [0, 0.1) is 0 Å². The van der Waals surface area contributed by atoms with E-state index in [1.165, 1.54) is 4.68 Å². The number of para-hydroxylation sites is 1. The minimum Gasteiger partial charge on any atom is -0.308 e. The van der Waals surface area contributed by atoms with Gasteiger partial charge in [-0.25, -0.2) is 4.79 Å². The lowest BCUT2D eigenvalue weighted by Gasteiger charge is -2.08. The topological polar surface area (TPSA) is 93.1 Å². The first-order valence-electron chi connectivity index (χ1n) is 9.94. The lowest BCUT2D eigenvalue weighted by Crippen LogP contribution is -2.35. The average Bonchev–Trinajstić information content (AvgIpc) is 3.17. The van der Waals surface area contributed by atoms with Crippen LogP contribution in [0.5, 0.6) is 0 Å². The maximum atomic E-state index is 13.4. The van der Waals surface area contributed by atoms with Crippen LogP contribution in [0.1, 0.15) is 26.4 Å². The van der Waals surface area contributed by atoms with Crippen molar-refractivity contribution in [3.05, 3.63) is 108 Å². The predicted molar refractivity (Wildman–Crippen MR) is 121 cm³/mol. The third-order valence-electron chi connectivity index (χ3n) is 4.83. The van der Waals surface area contributed by atoms with Crippen molar-refractivity contribution in [1.29, 1.82) is 0 Å². The van der Waals surface area contributed by atoms with Gasteiger partial charge in [0.25, 0.3) is 5.91 Å². The number of rotatable bonds is 5. The van der Waals surface area contributed by atoms with Crippen molar-refractivity contribution in [2.75, 3.05) is 5.32 Å². The zero-order valence-electron chi connectivity index (χ0n) is 17.3. The molecule has 2 N–H and O–H groups in total. The number of benzene rings is 3. The molecule has 1 aromatic heterocycles. The molecule has 7 nitrogen and oxygen atoms in total. The summed E-state index contributed by atoms with van der Waals surface area (Å²) >= 11 is 0. The van der Waals surface area contributed by atoms with Gasteiger partial charge < -0.3 is 5.32 Å². The van der Waals surface area contributed by atoms with Crippen LogP contribution in [0.4, 0.5) is 10.5 Å². The fourth-order valence-corrected chi connectivity index (χ4v) is 3.41. The van der Waals surface area contributed by atoms with Gasteiger partial charge in [0.15, 0.2) is 11.5 Å². The zero-order valence-corrected chi connectivity index (χ0v) is 17.3. The number of anilines is 1. The van der Waals surface area contributed by atoms with Gasteiger partial charge in [-0.1, -0.05) is 78.9 Å². The zero-order chi connectivity index (χ0) is 22.5. The third-order valence-corrected chi connectivity index (χ3v) is 4.83. The van der Waals surface area contributed by atoms with Crippen molar-refractivity contribution in [2.45, 2.75) is 0 Å². The van der Waals surface area contributed by atoms with Crippen LogP contribution >= 0.6 is 0 Å². The molecule has 0 aliphatic rings. The van der Waals surface area contributed by atoms with E-state index in [9.17, 15) is 14.4 Å². The maximum Gasteiger partial charge on any atom is 0.326 e. The van der Waals surface area contributed by atoms with E-state index in [0.29, 0.717) is 16.9 Å². The molecular formula is C25H20N4O3. The van der Waals surface area contributed by atoms with E-state index < -0.39 is 11.9 Å². The molecule has 3 amide bonds. The second-order valence-corrected chi connectivity index (χ2v) is 7.03. The maximum absolute atomic E-state index is 13.4. The normalized spacial score (nSPS) is 10.4. The lowest BCUT2D eigenvalue weighted by molar-refractivity contribution is 0.0949. The van der Waals surface area contributed by atoms with Gasteiger partial charge in [-0.3, -0.25) is 19.6 Å². The van der Waals surface area contributed by atoms with E-state index in [1.807, 2.05) is 36.4 Å². The molecule has 0 aliphatic carbocycles. The minimum absolute atomic E-state index is 0.122. The summed E-state index contributed by atoms with van der Waals surface area (Å²) in [7, 11) is 1.66. The average molecular weight is 424 g/mol. The van der Waals surface area contributed by atoms with Crippen molar-refractivity contribution < 1.29 is 14.4 Å². The molecule has 4 rings (SSSR count). The van der Waals surface area contributed by atoms with Gasteiger partial charge in [0, 0.05) is 23.9 Å². The Morgan fingerprint density at radius 3 is 1.97 bits per heavy atom. The smallest absolute Gasteiger partial charge is 0.308 e. The first-order chi connectivity index (χ1) is 15.5. The Bertz CT molecular complexity index is 1270. The van der Waals surface area contributed by atoms with E-state index in [-0.39, 0.29) is 17.0 Å². The standard InChI is InChI=1S/C25H20N4O3/c1-29-22(17-11-5-2-6-12-17)20(23(30)18-13-7-3-8-14-18)21(28-29)24(31)27-25(32)26-19-15-9-4-10-16-19/h2-16H,1H3,(H2,26,27,31,32). The fourth-order valence-electron chi connectivity index (χ4n) is 3.41. The Labute approximate surface area is 184 Å². The number of imide groups is 1. The first kappa shape index (κ1) is 20.7. The van der Waals surface area contributed by atoms with E-state index in [0.717, 1.165) is 5.56 Å². The molecule has 7 heteroatoms. The molecule has 0 unspecified atom stereocenters. The summed E-state index contributed by atoms with van der Waals surface area (Å²) in [6.45, 7) is 0. The molecule has 0 aliphatic heterocycles. The van der Waals surface area contributed by atoms with Crippen LogP contribution in [0.25, 0.3) is 11.3 Å². The van der Waals surface area contributed by atoms with E-state index in [4.69, 9.17) is 0 Å². The van der Waals surface area contributed by atoms with E-state index >= 15 is 0 Å². The van der Waals surface area contributed by atoms with Crippen LogP contribution in [-0.4, -0.2) is 27.5 Å².